The van der Waals surface area contributed by atoms with Crippen LogP contribution in [0.15, 0.2) is 24.4 Å². The van der Waals surface area contributed by atoms with Gasteiger partial charge in [0.05, 0.1) is 25.5 Å². The molecule has 0 bridgehead atoms. The largest absolute Gasteiger partial charge is 0.496 e. The van der Waals surface area contributed by atoms with Gasteiger partial charge in [-0.1, -0.05) is 13.0 Å². The molecule has 2 rings (SSSR count). The lowest BCUT2D eigenvalue weighted by Crippen LogP contribution is -2.06. The Morgan fingerprint density at radius 2 is 1.81 bits per heavy atom. The van der Waals surface area contributed by atoms with Crippen molar-refractivity contribution in [2.75, 3.05) is 26.1 Å². The predicted octanol–water partition coefficient (Wildman–Crippen LogP) is 3.29. The van der Waals surface area contributed by atoms with Crippen molar-refractivity contribution < 1.29 is 9.47 Å². The van der Waals surface area contributed by atoms with Gasteiger partial charge in [-0.15, -0.1) is 0 Å². The Morgan fingerprint density at radius 3 is 2.38 bits per heavy atom. The van der Waals surface area contributed by atoms with Crippen molar-refractivity contribution >= 4 is 5.95 Å². The molecule has 1 N–H and O–H groups in total. The lowest BCUT2D eigenvalue weighted by molar-refractivity contribution is 0.397. The van der Waals surface area contributed by atoms with Crippen LogP contribution in [0.1, 0.15) is 18.9 Å². The molecule has 1 heterocycles. The fourth-order valence-corrected chi connectivity index (χ4v) is 2.10. The minimum absolute atomic E-state index is 0.616. The van der Waals surface area contributed by atoms with Crippen LogP contribution in [-0.4, -0.2) is 30.7 Å². The van der Waals surface area contributed by atoms with Gasteiger partial charge in [0, 0.05) is 12.7 Å². The van der Waals surface area contributed by atoms with E-state index in [0.717, 1.165) is 41.3 Å². The first-order chi connectivity index (χ1) is 10.2. The molecular weight excluding hydrogens is 266 g/mol. The molecule has 5 nitrogen and oxygen atoms in total. The van der Waals surface area contributed by atoms with Crippen molar-refractivity contribution in [2.45, 2.75) is 20.3 Å². The summed E-state index contributed by atoms with van der Waals surface area (Å²) in [6, 6.07) is 5.70. The van der Waals surface area contributed by atoms with Gasteiger partial charge in [-0.3, -0.25) is 0 Å². The van der Waals surface area contributed by atoms with E-state index in [1.165, 1.54) is 0 Å². The van der Waals surface area contributed by atoms with Crippen LogP contribution in [0.25, 0.3) is 11.3 Å². The van der Waals surface area contributed by atoms with Crippen LogP contribution in [0.2, 0.25) is 0 Å². The summed E-state index contributed by atoms with van der Waals surface area (Å²) in [4.78, 5) is 8.92. The van der Waals surface area contributed by atoms with Gasteiger partial charge < -0.3 is 14.8 Å². The van der Waals surface area contributed by atoms with E-state index in [4.69, 9.17) is 9.47 Å². The molecule has 0 aliphatic carbocycles. The summed E-state index contributed by atoms with van der Waals surface area (Å²) in [6.45, 7) is 4.92. The summed E-state index contributed by atoms with van der Waals surface area (Å²) < 4.78 is 10.9. The molecule has 0 atom stereocenters. The van der Waals surface area contributed by atoms with Crippen molar-refractivity contribution in [1.82, 2.24) is 9.97 Å². The standard InChI is InChI=1S/C16H21N3O2/c1-5-9-17-16-18-10-11(2)15(19-16)14-12(20-3)7-6-8-13(14)21-4/h6-8,10H,5,9H2,1-4H3,(H,17,18,19). The third kappa shape index (κ3) is 3.24. The average molecular weight is 287 g/mol. The van der Waals surface area contributed by atoms with E-state index in [9.17, 15) is 0 Å². The fourth-order valence-electron chi connectivity index (χ4n) is 2.10. The first kappa shape index (κ1) is 15.1. The number of methoxy groups -OCH3 is 2. The number of rotatable bonds is 6. The first-order valence-electron chi connectivity index (χ1n) is 7.00. The minimum Gasteiger partial charge on any atom is -0.496 e. The molecule has 0 amide bonds. The van der Waals surface area contributed by atoms with Crippen molar-refractivity contribution in [3.8, 4) is 22.8 Å². The molecule has 1 aromatic heterocycles. The molecule has 21 heavy (non-hydrogen) atoms. The number of ether oxygens (including phenoxy) is 2. The van der Waals surface area contributed by atoms with E-state index in [1.54, 1.807) is 14.2 Å². The highest BCUT2D eigenvalue weighted by Gasteiger charge is 2.16. The molecule has 0 saturated carbocycles. The molecule has 0 aliphatic rings. The molecule has 0 fully saturated rings. The molecule has 0 radical (unpaired) electrons. The van der Waals surface area contributed by atoms with E-state index >= 15 is 0 Å². The minimum atomic E-state index is 0.616. The lowest BCUT2D eigenvalue weighted by atomic mass is 10.1. The van der Waals surface area contributed by atoms with Gasteiger partial charge >= 0.3 is 0 Å². The Bertz CT molecular complexity index is 592. The van der Waals surface area contributed by atoms with Gasteiger partial charge in [0.15, 0.2) is 0 Å². The molecule has 112 valence electrons. The Hall–Kier alpha value is -2.30. The molecule has 2 aromatic rings. The van der Waals surface area contributed by atoms with Gasteiger partial charge in [-0.05, 0) is 31.0 Å². The van der Waals surface area contributed by atoms with Crippen LogP contribution in [0, 0.1) is 6.92 Å². The Morgan fingerprint density at radius 1 is 1.14 bits per heavy atom. The number of anilines is 1. The normalized spacial score (nSPS) is 10.3. The quantitative estimate of drug-likeness (QED) is 0.883. The summed E-state index contributed by atoms with van der Waals surface area (Å²) in [5.41, 5.74) is 2.64. The van der Waals surface area contributed by atoms with E-state index in [0.29, 0.717) is 5.95 Å². The summed E-state index contributed by atoms with van der Waals surface area (Å²) in [5, 5.41) is 3.20. The molecule has 1 aromatic carbocycles. The number of nitrogens with one attached hydrogen (secondary N) is 1. The Kier molecular flexibility index (Phi) is 4.98. The summed E-state index contributed by atoms with van der Waals surface area (Å²) in [5.74, 6) is 2.08. The van der Waals surface area contributed by atoms with Gasteiger partial charge in [0.2, 0.25) is 5.95 Å². The van der Waals surface area contributed by atoms with Crippen LogP contribution < -0.4 is 14.8 Å². The van der Waals surface area contributed by atoms with E-state index in [1.807, 2.05) is 31.3 Å². The first-order valence-corrected chi connectivity index (χ1v) is 7.00. The number of nitrogens with zero attached hydrogens (tertiary/aromatic N) is 2. The summed E-state index contributed by atoms with van der Waals surface area (Å²) in [6.07, 6.45) is 2.83. The van der Waals surface area contributed by atoms with Crippen LogP contribution in [0.3, 0.4) is 0 Å². The zero-order chi connectivity index (χ0) is 15.2. The number of hydrogen-bond acceptors (Lipinski definition) is 5. The van der Waals surface area contributed by atoms with Gasteiger partial charge in [-0.25, -0.2) is 9.97 Å². The second kappa shape index (κ2) is 6.92. The summed E-state index contributed by atoms with van der Waals surface area (Å²) in [7, 11) is 3.29. The van der Waals surface area contributed by atoms with E-state index in [-0.39, 0.29) is 0 Å². The molecule has 0 aliphatic heterocycles. The number of aryl methyl sites for hydroxylation is 1. The fraction of sp³-hybridized carbons (Fsp3) is 0.375. The second-order valence-electron chi connectivity index (χ2n) is 4.69. The third-order valence-electron chi connectivity index (χ3n) is 3.17. The monoisotopic (exact) mass is 287 g/mol. The molecule has 0 spiro atoms. The number of benzene rings is 1. The molecule has 0 saturated heterocycles. The van der Waals surface area contributed by atoms with Gasteiger partial charge in [0.25, 0.3) is 0 Å². The predicted molar refractivity (Wildman–Crippen MR) is 84.1 cm³/mol. The van der Waals surface area contributed by atoms with Crippen molar-refractivity contribution in [3.63, 3.8) is 0 Å². The van der Waals surface area contributed by atoms with Gasteiger partial charge in [-0.2, -0.15) is 0 Å². The smallest absolute Gasteiger partial charge is 0.223 e. The highest BCUT2D eigenvalue weighted by molar-refractivity contribution is 5.76. The topological polar surface area (TPSA) is 56.3 Å². The zero-order valence-corrected chi connectivity index (χ0v) is 12.9. The molecular formula is C16H21N3O2. The van der Waals surface area contributed by atoms with Crippen molar-refractivity contribution in [2.24, 2.45) is 0 Å². The second-order valence-corrected chi connectivity index (χ2v) is 4.69. The van der Waals surface area contributed by atoms with E-state index in [2.05, 4.69) is 22.2 Å². The van der Waals surface area contributed by atoms with Crippen LogP contribution in [0.5, 0.6) is 11.5 Å². The van der Waals surface area contributed by atoms with Crippen LogP contribution in [-0.2, 0) is 0 Å². The van der Waals surface area contributed by atoms with Gasteiger partial charge in [0.1, 0.15) is 11.5 Å². The average Bonchev–Trinajstić information content (AvgIpc) is 2.53. The summed E-state index contributed by atoms with van der Waals surface area (Å²) >= 11 is 0. The van der Waals surface area contributed by atoms with Crippen molar-refractivity contribution in [1.29, 1.82) is 0 Å². The third-order valence-corrected chi connectivity index (χ3v) is 3.17. The Labute approximate surface area is 125 Å². The van der Waals surface area contributed by atoms with Crippen molar-refractivity contribution in [3.05, 3.63) is 30.0 Å². The van der Waals surface area contributed by atoms with Crippen LogP contribution in [0.4, 0.5) is 5.95 Å². The maximum atomic E-state index is 5.46. The molecule has 5 heteroatoms. The molecule has 0 unspecified atom stereocenters. The Balaban J connectivity index is 2.55. The van der Waals surface area contributed by atoms with Crippen LogP contribution >= 0.6 is 0 Å². The highest BCUT2D eigenvalue weighted by Crippen LogP contribution is 2.38. The maximum Gasteiger partial charge on any atom is 0.223 e. The zero-order valence-electron chi connectivity index (χ0n) is 12.9. The maximum absolute atomic E-state index is 5.46. The number of aromatic nitrogens is 2. The lowest BCUT2D eigenvalue weighted by Gasteiger charge is -2.15. The SMILES string of the molecule is CCCNc1ncc(C)c(-c2c(OC)cccc2OC)n1. The number of hydrogen-bond donors (Lipinski definition) is 1. The van der Waals surface area contributed by atoms with E-state index < -0.39 is 0 Å². The highest BCUT2D eigenvalue weighted by atomic mass is 16.5.